The second kappa shape index (κ2) is 11.3. The van der Waals surface area contributed by atoms with E-state index in [0.717, 1.165) is 0 Å². The number of hydrogen-bond acceptors (Lipinski definition) is 6. The highest BCUT2D eigenvalue weighted by molar-refractivity contribution is 5.96. The van der Waals surface area contributed by atoms with Crippen LogP contribution >= 0.6 is 0 Å². The Morgan fingerprint density at radius 2 is 1.21 bits per heavy atom. The van der Waals surface area contributed by atoms with Crippen molar-refractivity contribution in [3.8, 4) is 17.2 Å². The van der Waals surface area contributed by atoms with E-state index in [9.17, 15) is 31.5 Å². The van der Waals surface area contributed by atoms with Gasteiger partial charge in [0, 0.05) is 0 Å². The molecule has 2 aromatic rings. The van der Waals surface area contributed by atoms with Crippen LogP contribution in [0.1, 0.15) is 31.1 Å². The molecule has 180 valence electrons. The van der Waals surface area contributed by atoms with Crippen LogP contribution in [-0.4, -0.2) is 38.3 Å². The van der Waals surface area contributed by atoms with E-state index in [1.165, 1.54) is 17.4 Å². The quantitative estimate of drug-likeness (QED) is 0.237. The van der Waals surface area contributed by atoms with Crippen molar-refractivity contribution < 1.29 is 50.5 Å². The van der Waals surface area contributed by atoms with E-state index >= 15 is 0 Å². The van der Waals surface area contributed by atoms with Crippen LogP contribution in [0.15, 0.2) is 12.1 Å². The van der Waals surface area contributed by atoms with Gasteiger partial charge in [-0.25, -0.2) is 26.7 Å². The number of carbonyl (C=O) groups is 2. The molecule has 12 heteroatoms. The molecule has 0 fully saturated rings. The summed E-state index contributed by atoms with van der Waals surface area (Å²) in [7, 11) is 0. The van der Waals surface area contributed by atoms with Crippen LogP contribution in [-0.2, 0) is 9.53 Å². The fourth-order valence-corrected chi connectivity index (χ4v) is 2.61. The van der Waals surface area contributed by atoms with E-state index in [1.807, 2.05) is 0 Å². The molecule has 2 aromatic carbocycles. The van der Waals surface area contributed by atoms with Crippen LogP contribution in [0.5, 0.6) is 17.2 Å². The molecule has 7 nitrogen and oxygen atoms in total. The van der Waals surface area contributed by atoms with E-state index in [0.29, 0.717) is 0 Å². The molecule has 0 heterocycles. The van der Waals surface area contributed by atoms with Crippen molar-refractivity contribution in [3.63, 3.8) is 0 Å². The van der Waals surface area contributed by atoms with Gasteiger partial charge in [0.15, 0.2) is 41.4 Å². The Labute approximate surface area is 185 Å². The maximum atomic E-state index is 13.7. The number of ether oxygens (including phenoxy) is 4. The Hall–Kier alpha value is -3.57. The Morgan fingerprint density at radius 1 is 0.758 bits per heavy atom. The molecule has 1 amide bonds. The third-order valence-electron chi connectivity index (χ3n) is 3.95. The number of anilines is 1. The lowest BCUT2D eigenvalue weighted by Crippen LogP contribution is -2.23. The predicted molar refractivity (Wildman–Crippen MR) is 105 cm³/mol. The lowest BCUT2D eigenvalue weighted by atomic mass is 10.2. The summed E-state index contributed by atoms with van der Waals surface area (Å²) in [6.45, 7) is 4.79. The number of halogens is 5. The summed E-state index contributed by atoms with van der Waals surface area (Å²) in [5, 5.41) is 1.50. The second-order valence-electron chi connectivity index (χ2n) is 6.17. The Bertz CT molecular complexity index is 990. The molecule has 0 radical (unpaired) electrons. The SMILES string of the molecule is CCOc1cc(C(=O)OCC(=O)Nc2c(F)c(F)c(F)c(F)c2F)cc(OCC)c1OCC. The average Bonchev–Trinajstić information content (AvgIpc) is 2.79. The summed E-state index contributed by atoms with van der Waals surface area (Å²) in [6.07, 6.45) is 0. The molecule has 0 spiro atoms. The lowest BCUT2D eigenvalue weighted by molar-refractivity contribution is -0.119. The maximum absolute atomic E-state index is 13.7. The third-order valence-corrected chi connectivity index (χ3v) is 3.95. The van der Waals surface area contributed by atoms with Gasteiger partial charge in [0.05, 0.1) is 25.4 Å². The predicted octanol–water partition coefficient (Wildman–Crippen LogP) is 4.37. The fraction of sp³-hybridized carbons (Fsp3) is 0.333. The highest BCUT2D eigenvalue weighted by atomic mass is 19.2. The molecule has 0 atom stereocenters. The van der Waals surface area contributed by atoms with Crippen molar-refractivity contribution in [2.45, 2.75) is 20.8 Å². The third kappa shape index (κ3) is 5.82. The second-order valence-corrected chi connectivity index (χ2v) is 6.17. The van der Waals surface area contributed by atoms with Gasteiger partial charge >= 0.3 is 5.97 Å². The van der Waals surface area contributed by atoms with Gasteiger partial charge in [0.1, 0.15) is 5.69 Å². The first-order valence-electron chi connectivity index (χ1n) is 9.70. The van der Waals surface area contributed by atoms with Crippen molar-refractivity contribution >= 4 is 17.6 Å². The van der Waals surface area contributed by atoms with Crippen LogP contribution in [0.25, 0.3) is 0 Å². The summed E-state index contributed by atoms with van der Waals surface area (Å²) in [5.41, 5.74) is -1.67. The van der Waals surface area contributed by atoms with Gasteiger partial charge in [-0.3, -0.25) is 4.79 Å². The van der Waals surface area contributed by atoms with Crippen molar-refractivity contribution in [2.75, 3.05) is 31.7 Å². The van der Waals surface area contributed by atoms with Gasteiger partial charge in [-0.05, 0) is 32.9 Å². The van der Waals surface area contributed by atoms with Crippen molar-refractivity contribution in [3.05, 3.63) is 46.8 Å². The zero-order valence-corrected chi connectivity index (χ0v) is 17.8. The van der Waals surface area contributed by atoms with Gasteiger partial charge in [-0.1, -0.05) is 0 Å². The first-order chi connectivity index (χ1) is 15.7. The Balaban J connectivity index is 2.20. The van der Waals surface area contributed by atoms with Crippen molar-refractivity contribution in [1.29, 1.82) is 0 Å². The van der Waals surface area contributed by atoms with Gasteiger partial charge in [-0.15, -0.1) is 0 Å². The van der Waals surface area contributed by atoms with E-state index < -0.39 is 53.3 Å². The number of rotatable bonds is 10. The molecule has 0 aliphatic rings. The zero-order chi connectivity index (χ0) is 24.7. The summed E-state index contributed by atoms with van der Waals surface area (Å²) in [4.78, 5) is 24.3. The first-order valence-corrected chi connectivity index (χ1v) is 9.70. The minimum Gasteiger partial charge on any atom is -0.490 e. The molecule has 0 bridgehead atoms. The minimum atomic E-state index is -2.37. The maximum Gasteiger partial charge on any atom is 0.338 e. The van der Waals surface area contributed by atoms with Crippen LogP contribution in [0, 0.1) is 29.1 Å². The smallest absolute Gasteiger partial charge is 0.338 e. The molecule has 33 heavy (non-hydrogen) atoms. The summed E-state index contributed by atoms with van der Waals surface area (Å²) in [6, 6.07) is 2.56. The molecule has 2 rings (SSSR count). The van der Waals surface area contributed by atoms with Crippen molar-refractivity contribution in [2.24, 2.45) is 0 Å². The van der Waals surface area contributed by atoms with Crippen LogP contribution in [0.4, 0.5) is 27.6 Å². The minimum absolute atomic E-state index is 0.102. The van der Waals surface area contributed by atoms with Crippen LogP contribution < -0.4 is 19.5 Å². The lowest BCUT2D eigenvalue weighted by Gasteiger charge is -2.17. The number of carbonyl (C=O) groups excluding carboxylic acids is 2. The largest absolute Gasteiger partial charge is 0.490 e. The number of hydrogen-bond donors (Lipinski definition) is 1. The summed E-state index contributed by atoms with van der Waals surface area (Å²) in [5.74, 6) is -13.1. The van der Waals surface area contributed by atoms with E-state index in [2.05, 4.69) is 0 Å². The Morgan fingerprint density at radius 3 is 1.67 bits per heavy atom. The molecule has 0 aromatic heterocycles. The first kappa shape index (κ1) is 25.7. The summed E-state index contributed by atoms with van der Waals surface area (Å²) < 4.78 is 88.1. The molecular weight excluding hydrogens is 457 g/mol. The Kier molecular flexibility index (Phi) is 8.83. The van der Waals surface area contributed by atoms with Crippen LogP contribution in [0.2, 0.25) is 0 Å². The molecule has 1 N–H and O–H groups in total. The van der Waals surface area contributed by atoms with Crippen molar-refractivity contribution in [1.82, 2.24) is 0 Å². The molecule has 0 aliphatic carbocycles. The monoisotopic (exact) mass is 477 g/mol. The standard InChI is InChI=1S/C21H20F5NO6/c1-4-30-11-7-10(8-12(31-5-2)20(11)32-6-3)21(29)33-9-13(28)27-19-17(25)15(23)14(22)16(24)18(19)26/h7-8H,4-6,9H2,1-3H3,(H,27,28). The molecule has 0 saturated carbocycles. The average molecular weight is 477 g/mol. The van der Waals surface area contributed by atoms with E-state index in [-0.39, 0.29) is 42.6 Å². The molecule has 0 aliphatic heterocycles. The molecular formula is C21H20F5NO6. The normalized spacial score (nSPS) is 10.5. The molecule has 0 unspecified atom stereocenters. The van der Waals surface area contributed by atoms with E-state index in [4.69, 9.17) is 18.9 Å². The highest BCUT2D eigenvalue weighted by Gasteiger charge is 2.27. The van der Waals surface area contributed by atoms with E-state index in [1.54, 1.807) is 20.8 Å². The fourth-order valence-electron chi connectivity index (χ4n) is 2.61. The van der Waals surface area contributed by atoms with Gasteiger partial charge in [0.2, 0.25) is 11.6 Å². The summed E-state index contributed by atoms with van der Waals surface area (Å²) >= 11 is 0. The van der Waals surface area contributed by atoms with Gasteiger partial charge in [0.25, 0.3) is 5.91 Å². The number of esters is 1. The van der Waals surface area contributed by atoms with Gasteiger partial charge in [-0.2, -0.15) is 0 Å². The molecule has 0 saturated heterocycles. The topological polar surface area (TPSA) is 83.1 Å². The number of benzene rings is 2. The number of nitrogens with one attached hydrogen (secondary N) is 1. The number of amides is 1. The zero-order valence-electron chi connectivity index (χ0n) is 17.8. The van der Waals surface area contributed by atoms with Crippen LogP contribution in [0.3, 0.4) is 0 Å². The van der Waals surface area contributed by atoms with Gasteiger partial charge < -0.3 is 24.3 Å². The highest BCUT2D eigenvalue weighted by Crippen LogP contribution is 2.39.